The fraction of sp³-hybridized carbons (Fsp3) is 0.444. The van der Waals surface area contributed by atoms with Gasteiger partial charge in [0.05, 0.1) is 12.3 Å². The van der Waals surface area contributed by atoms with Crippen LogP contribution in [0.2, 0.25) is 0 Å². The number of imidazole rings is 1. The fourth-order valence-electron chi connectivity index (χ4n) is 1.90. The van der Waals surface area contributed by atoms with Crippen LogP contribution in [0, 0.1) is 0 Å². The van der Waals surface area contributed by atoms with Crippen LogP contribution in [0.5, 0.6) is 0 Å². The minimum Gasteiger partial charge on any atom is -0.382 e. The number of phosphoric acid groups is 2. The quantitative estimate of drug-likeness (QED) is 0.319. The summed E-state index contributed by atoms with van der Waals surface area (Å²) in [6.07, 6.45) is 0.981. The third kappa shape index (κ3) is 6.70. The Labute approximate surface area is 151 Å². The summed E-state index contributed by atoms with van der Waals surface area (Å²) in [7, 11) is -15.8. The zero-order valence-electron chi connectivity index (χ0n) is 13.6. The van der Waals surface area contributed by atoms with Crippen LogP contribution in [-0.4, -0.2) is 51.6 Å². The molecule has 0 aliphatic heterocycles. The van der Waals surface area contributed by atoms with Crippen molar-refractivity contribution in [1.29, 1.82) is 0 Å². The van der Waals surface area contributed by atoms with Gasteiger partial charge in [-0.1, -0.05) is 0 Å². The van der Waals surface area contributed by atoms with E-state index >= 15 is 0 Å². The first-order valence-corrected chi connectivity index (χ1v) is 11.7. The van der Waals surface area contributed by atoms with Crippen LogP contribution in [0.15, 0.2) is 12.5 Å². The highest BCUT2D eigenvalue weighted by Crippen LogP contribution is 2.65. The number of anilines is 1. The largest absolute Gasteiger partial charge is 0.488 e. The number of nitrogens with two attached hydrogens (primary N) is 1. The summed E-state index contributed by atoms with van der Waals surface area (Å²) >= 11 is 0. The molecule has 0 saturated heterocycles. The topological polar surface area (TPSA) is 229 Å². The van der Waals surface area contributed by atoms with Crippen molar-refractivity contribution < 1.29 is 46.6 Å². The number of nitrogens with zero attached hydrogens (tertiary/aromatic N) is 4. The molecule has 2 unspecified atom stereocenters. The zero-order valence-corrected chi connectivity index (χ0v) is 16.3. The van der Waals surface area contributed by atoms with Gasteiger partial charge in [-0.3, -0.25) is 4.57 Å². The van der Waals surface area contributed by atoms with Crippen molar-refractivity contribution >= 4 is 34.6 Å². The predicted molar refractivity (Wildman–Crippen MR) is 88.2 cm³/mol. The van der Waals surface area contributed by atoms with Crippen LogP contribution in [0.4, 0.5) is 5.82 Å². The maximum absolute atomic E-state index is 11.8. The summed E-state index contributed by atoms with van der Waals surface area (Å²) in [5.74, 6) is 0.604. The molecule has 27 heavy (non-hydrogen) atoms. The average Bonchev–Trinajstić information content (AvgIpc) is 2.86. The summed E-state index contributed by atoms with van der Waals surface area (Å²) < 4.78 is 47.4. The smallest absolute Gasteiger partial charge is 0.382 e. The third-order valence-electron chi connectivity index (χ3n) is 2.87. The minimum atomic E-state index is -5.49. The normalized spacial score (nSPS) is 18.1. The molecule has 0 radical (unpaired) electrons. The molecule has 0 aliphatic rings. The van der Waals surface area contributed by atoms with Crippen molar-refractivity contribution in [1.82, 2.24) is 19.6 Å². The molecular weight excluding hydrogens is 431 g/mol. The van der Waals surface area contributed by atoms with E-state index in [0.29, 0.717) is 11.3 Å². The van der Waals surface area contributed by atoms with E-state index in [-0.39, 0.29) is 12.2 Å². The van der Waals surface area contributed by atoms with Crippen molar-refractivity contribution in [3.8, 4) is 0 Å². The van der Waals surface area contributed by atoms with Gasteiger partial charge in [0.2, 0.25) is 0 Å². The molecule has 6 N–H and O–H groups in total. The maximum Gasteiger partial charge on any atom is 0.488 e. The standard InChI is InChI=1S/C9H16N5O10P3/c1-6(2-8-11-3-7-9(10)12-4-13-14(7)8)22-5-25(15,16)23-27(20,21)24-26(17,18)19/h3-4,6H,2,5H2,1H3,(H,15,16)(H,20,21)(H2,10,12,13)(H2,17,18,19)/t6-/m1/s1. The zero-order chi connectivity index (χ0) is 20.5. The Morgan fingerprint density at radius 1 is 1.19 bits per heavy atom. The van der Waals surface area contributed by atoms with Gasteiger partial charge in [0, 0.05) is 6.42 Å². The lowest BCUT2D eigenvalue weighted by Gasteiger charge is -2.18. The fourth-order valence-corrected chi connectivity index (χ4v) is 5.29. The monoisotopic (exact) mass is 447 g/mol. The van der Waals surface area contributed by atoms with Crippen molar-refractivity contribution in [2.45, 2.75) is 19.4 Å². The van der Waals surface area contributed by atoms with Gasteiger partial charge in [-0.05, 0) is 6.92 Å². The number of rotatable bonds is 9. The first-order valence-electron chi connectivity index (χ1n) is 6.95. The molecule has 15 nitrogen and oxygen atoms in total. The average molecular weight is 447 g/mol. The molecule has 0 saturated carbocycles. The van der Waals surface area contributed by atoms with Crippen LogP contribution in [-0.2, 0) is 33.5 Å². The lowest BCUT2D eigenvalue weighted by molar-refractivity contribution is 0.0860. The van der Waals surface area contributed by atoms with E-state index in [0.717, 1.165) is 0 Å². The van der Waals surface area contributed by atoms with Crippen LogP contribution in [0.1, 0.15) is 12.7 Å². The van der Waals surface area contributed by atoms with Crippen LogP contribution in [0.25, 0.3) is 5.52 Å². The molecular formula is C9H16N5O10P3. The first-order chi connectivity index (χ1) is 12.3. The van der Waals surface area contributed by atoms with Gasteiger partial charge in [0.15, 0.2) is 5.82 Å². The van der Waals surface area contributed by atoms with Gasteiger partial charge in [-0.25, -0.2) is 27.9 Å². The highest BCUT2D eigenvalue weighted by molar-refractivity contribution is 7.68. The number of nitrogen functional groups attached to an aromatic ring is 1. The molecule has 0 bridgehead atoms. The maximum atomic E-state index is 11.8. The Kier molecular flexibility index (Phi) is 6.55. The second kappa shape index (κ2) is 8.02. The highest BCUT2D eigenvalue weighted by atomic mass is 31.3. The van der Waals surface area contributed by atoms with Gasteiger partial charge in [-0.2, -0.15) is 9.41 Å². The Hall–Kier alpha value is -1.24. The summed E-state index contributed by atoms with van der Waals surface area (Å²) in [6, 6.07) is 0. The molecule has 2 heterocycles. The van der Waals surface area contributed by atoms with E-state index in [1.807, 2.05) is 0 Å². The molecule has 0 fully saturated rings. The second-order valence-electron chi connectivity index (χ2n) is 5.19. The molecule has 152 valence electrons. The molecule has 18 heteroatoms. The Balaban J connectivity index is 1.96. The van der Waals surface area contributed by atoms with Crippen molar-refractivity contribution in [3.63, 3.8) is 0 Å². The Bertz CT molecular complexity index is 959. The summed E-state index contributed by atoms with van der Waals surface area (Å²) in [6.45, 7) is 1.51. The molecule has 2 aromatic rings. The van der Waals surface area contributed by atoms with Crippen molar-refractivity contribution in [3.05, 3.63) is 18.3 Å². The van der Waals surface area contributed by atoms with Gasteiger partial charge in [0.25, 0.3) is 0 Å². The second-order valence-corrected chi connectivity index (χ2v) is 9.94. The van der Waals surface area contributed by atoms with Gasteiger partial charge in [0.1, 0.15) is 24.0 Å². The lowest BCUT2D eigenvalue weighted by Crippen LogP contribution is -2.16. The van der Waals surface area contributed by atoms with E-state index in [9.17, 15) is 18.6 Å². The molecule has 0 amide bonds. The number of hydrogen-bond donors (Lipinski definition) is 5. The lowest BCUT2D eigenvalue weighted by atomic mass is 10.3. The van der Waals surface area contributed by atoms with Crippen molar-refractivity contribution in [2.24, 2.45) is 0 Å². The van der Waals surface area contributed by atoms with Gasteiger partial charge in [-0.15, -0.1) is 0 Å². The molecule has 2 rings (SSSR count). The molecule has 2 aromatic heterocycles. The minimum absolute atomic E-state index is 0.111. The van der Waals surface area contributed by atoms with E-state index in [4.69, 9.17) is 25.2 Å². The summed E-state index contributed by atoms with van der Waals surface area (Å²) in [5.41, 5.74) is 6.12. The number of fused-ring (bicyclic) bond motifs is 1. The van der Waals surface area contributed by atoms with Crippen LogP contribution >= 0.6 is 23.2 Å². The highest BCUT2D eigenvalue weighted by Gasteiger charge is 2.39. The van der Waals surface area contributed by atoms with E-state index < -0.39 is 35.7 Å². The summed E-state index contributed by atoms with van der Waals surface area (Å²) in [5, 5.41) is 3.96. The van der Waals surface area contributed by atoms with E-state index in [1.54, 1.807) is 0 Å². The Morgan fingerprint density at radius 2 is 1.85 bits per heavy atom. The molecule has 0 aromatic carbocycles. The van der Waals surface area contributed by atoms with Gasteiger partial charge >= 0.3 is 23.2 Å². The van der Waals surface area contributed by atoms with E-state index in [1.165, 1.54) is 24.0 Å². The predicted octanol–water partition coefficient (Wildman–Crippen LogP) is 0.0233. The van der Waals surface area contributed by atoms with E-state index in [2.05, 4.69) is 23.7 Å². The SMILES string of the molecule is C[C@H](Cc1ncc2c(N)ncnn12)OCP(=O)(O)OP(=O)(O)OP(=O)(O)O. The third-order valence-corrected chi connectivity index (χ3v) is 6.87. The Morgan fingerprint density at radius 3 is 2.48 bits per heavy atom. The van der Waals surface area contributed by atoms with Crippen LogP contribution < -0.4 is 5.73 Å². The number of ether oxygens (including phenoxy) is 1. The van der Waals surface area contributed by atoms with Crippen molar-refractivity contribution in [2.75, 3.05) is 12.1 Å². The number of aromatic nitrogens is 4. The first kappa shape index (κ1) is 22.1. The summed E-state index contributed by atoms with van der Waals surface area (Å²) in [4.78, 5) is 43.4. The molecule has 0 spiro atoms. The molecule has 0 aliphatic carbocycles. The molecule has 3 atom stereocenters. The van der Waals surface area contributed by atoms with Gasteiger partial charge < -0.3 is 30.0 Å². The number of hydrogen-bond acceptors (Lipinski definition) is 10. The van der Waals surface area contributed by atoms with Crippen LogP contribution in [0.3, 0.4) is 0 Å².